The molecule has 0 fully saturated rings. The number of aromatic amines is 1. The van der Waals surface area contributed by atoms with Crippen LogP contribution in [0.5, 0.6) is 0 Å². The molecule has 0 radical (unpaired) electrons. The monoisotopic (exact) mass is 209 g/mol. The molecule has 0 saturated heterocycles. The van der Waals surface area contributed by atoms with Crippen LogP contribution in [0.2, 0.25) is 0 Å². The topological polar surface area (TPSA) is 58.9 Å². The minimum Gasteiger partial charge on any atom is -0.336 e. The predicted octanol–water partition coefficient (Wildman–Crippen LogP) is 1.76. The minimum absolute atomic E-state index is 0.622. The number of H-pyrrole nitrogens is 1. The summed E-state index contributed by atoms with van der Waals surface area (Å²) in [5.74, 6) is 0.622. The molecule has 1 N–H and O–H groups in total. The molecule has 0 bridgehead atoms. The van der Waals surface area contributed by atoms with E-state index in [2.05, 4.69) is 20.1 Å². The van der Waals surface area contributed by atoms with Gasteiger partial charge in [-0.1, -0.05) is 18.2 Å². The van der Waals surface area contributed by atoms with E-state index in [1.807, 2.05) is 24.3 Å². The van der Waals surface area contributed by atoms with Gasteiger partial charge >= 0.3 is 0 Å². The normalized spacial score (nSPS) is 11.8. The quantitative estimate of drug-likeness (QED) is 0.480. The van der Waals surface area contributed by atoms with E-state index in [1.54, 1.807) is 16.9 Å². The second-order valence-corrected chi connectivity index (χ2v) is 3.65. The molecule has 0 aliphatic carbocycles. The summed E-state index contributed by atoms with van der Waals surface area (Å²) in [6.45, 7) is 0. The molecule has 0 spiro atoms. The van der Waals surface area contributed by atoms with Crippen molar-refractivity contribution in [3.63, 3.8) is 0 Å². The zero-order chi connectivity index (χ0) is 10.5. The Morgan fingerprint density at radius 3 is 3.12 bits per heavy atom. The Bertz CT molecular complexity index is 811. The van der Waals surface area contributed by atoms with Gasteiger partial charge in [0.25, 0.3) is 5.78 Å². The molecule has 5 heteroatoms. The second-order valence-electron chi connectivity index (χ2n) is 3.65. The molecule has 0 unspecified atom stereocenters. The van der Waals surface area contributed by atoms with Gasteiger partial charge in [0.05, 0.1) is 6.20 Å². The fraction of sp³-hybridized carbons (Fsp3) is 0. The third-order valence-corrected chi connectivity index (χ3v) is 2.68. The molecule has 3 heterocycles. The highest BCUT2D eigenvalue weighted by molar-refractivity contribution is 6.03. The van der Waals surface area contributed by atoms with Crippen molar-refractivity contribution in [1.82, 2.24) is 24.6 Å². The lowest BCUT2D eigenvalue weighted by atomic mass is 10.2. The van der Waals surface area contributed by atoms with Crippen molar-refractivity contribution in [2.24, 2.45) is 0 Å². The lowest BCUT2D eigenvalue weighted by molar-refractivity contribution is 0.935. The Kier molecular flexibility index (Phi) is 1.26. The van der Waals surface area contributed by atoms with Crippen molar-refractivity contribution < 1.29 is 0 Å². The van der Waals surface area contributed by atoms with Crippen LogP contribution in [-0.4, -0.2) is 24.6 Å². The first-order valence-electron chi connectivity index (χ1n) is 5.00. The first-order valence-corrected chi connectivity index (χ1v) is 5.00. The lowest BCUT2D eigenvalue weighted by Gasteiger charge is -1.91. The molecule has 0 amide bonds. The predicted molar refractivity (Wildman–Crippen MR) is 60.1 cm³/mol. The molecule has 4 aromatic rings. The largest absolute Gasteiger partial charge is 0.336 e. The van der Waals surface area contributed by atoms with Gasteiger partial charge in [-0.05, 0) is 6.07 Å². The number of nitrogens with zero attached hydrogens (tertiary/aromatic N) is 4. The Morgan fingerprint density at radius 1 is 1.19 bits per heavy atom. The minimum atomic E-state index is 0.622. The number of para-hydroxylation sites is 1. The smallest absolute Gasteiger partial charge is 0.251 e. The van der Waals surface area contributed by atoms with E-state index in [0.29, 0.717) is 5.78 Å². The average Bonchev–Trinajstić information content (AvgIpc) is 2.88. The van der Waals surface area contributed by atoms with Crippen LogP contribution in [-0.2, 0) is 0 Å². The standard InChI is InChI=1S/C11H7N5/c1-2-4-8-7(3-1)9-10(13-8)15-16-6-5-12-11(16)14-9/h1-6H,(H,13,15). The van der Waals surface area contributed by atoms with Crippen LogP contribution in [0.15, 0.2) is 36.7 Å². The molecule has 0 aliphatic rings. The fourth-order valence-corrected chi connectivity index (χ4v) is 1.95. The summed E-state index contributed by atoms with van der Waals surface area (Å²) in [4.78, 5) is 11.9. The zero-order valence-corrected chi connectivity index (χ0v) is 8.25. The number of imidazole rings is 1. The number of hydrogen-bond acceptors (Lipinski definition) is 3. The fourth-order valence-electron chi connectivity index (χ4n) is 1.95. The second kappa shape index (κ2) is 2.57. The van der Waals surface area contributed by atoms with Gasteiger partial charge in [0.15, 0.2) is 5.65 Å². The van der Waals surface area contributed by atoms with Crippen LogP contribution >= 0.6 is 0 Å². The maximum atomic E-state index is 4.48. The van der Waals surface area contributed by atoms with Gasteiger partial charge in [-0.3, -0.25) is 0 Å². The molecule has 3 aromatic heterocycles. The summed E-state index contributed by atoms with van der Waals surface area (Å²) >= 11 is 0. The summed E-state index contributed by atoms with van der Waals surface area (Å²) in [5.41, 5.74) is 2.70. The molecule has 0 atom stereocenters. The van der Waals surface area contributed by atoms with E-state index in [1.165, 1.54) is 0 Å². The van der Waals surface area contributed by atoms with Crippen LogP contribution in [0.1, 0.15) is 0 Å². The third kappa shape index (κ3) is 0.869. The van der Waals surface area contributed by atoms with E-state index in [4.69, 9.17) is 0 Å². The SMILES string of the molecule is c1ccc2c(c1)[nH]c1nn3ccnc3nc12. The third-order valence-electron chi connectivity index (χ3n) is 2.68. The van der Waals surface area contributed by atoms with Crippen molar-refractivity contribution >= 4 is 27.8 Å². The summed E-state index contributed by atoms with van der Waals surface area (Å²) in [6, 6.07) is 8.03. The molecule has 76 valence electrons. The Balaban J connectivity index is 2.32. The number of nitrogens with one attached hydrogen (secondary N) is 1. The van der Waals surface area contributed by atoms with Crippen molar-refractivity contribution in [1.29, 1.82) is 0 Å². The van der Waals surface area contributed by atoms with E-state index in [-0.39, 0.29) is 0 Å². The number of benzene rings is 1. The van der Waals surface area contributed by atoms with Gasteiger partial charge in [-0.2, -0.15) is 0 Å². The molecular formula is C11H7N5. The zero-order valence-electron chi connectivity index (χ0n) is 8.25. The van der Waals surface area contributed by atoms with Gasteiger partial charge in [-0.15, -0.1) is 5.10 Å². The highest BCUT2D eigenvalue weighted by Gasteiger charge is 2.08. The highest BCUT2D eigenvalue weighted by Crippen LogP contribution is 2.21. The van der Waals surface area contributed by atoms with Crippen molar-refractivity contribution in [3.8, 4) is 0 Å². The van der Waals surface area contributed by atoms with Crippen LogP contribution in [0.25, 0.3) is 27.8 Å². The first kappa shape index (κ1) is 7.81. The molecule has 0 aliphatic heterocycles. The van der Waals surface area contributed by atoms with E-state index < -0.39 is 0 Å². The molecule has 0 saturated carbocycles. The summed E-state index contributed by atoms with van der Waals surface area (Å²) in [6.07, 6.45) is 3.48. The van der Waals surface area contributed by atoms with Gasteiger partial charge in [-0.25, -0.2) is 14.5 Å². The van der Waals surface area contributed by atoms with Gasteiger partial charge < -0.3 is 4.98 Å². The maximum Gasteiger partial charge on any atom is 0.251 e. The first-order chi connectivity index (χ1) is 7.92. The van der Waals surface area contributed by atoms with Crippen LogP contribution < -0.4 is 0 Å². The van der Waals surface area contributed by atoms with Gasteiger partial charge in [0.2, 0.25) is 0 Å². The molecule has 1 aromatic carbocycles. The highest BCUT2D eigenvalue weighted by atomic mass is 15.3. The Morgan fingerprint density at radius 2 is 2.12 bits per heavy atom. The molecule has 5 nitrogen and oxygen atoms in total. The molecular weight excluding hydrogens is 202 g/mol. The Hall–Kier alpha value is -2.43. The number of aromatic nitrogens is 5. The van der Waals surface area contributed by atoms with E-state index in [9.17, 15) is 0 Å². The molecule has 16 heavy (non-hydrogen) atoms. The van der Waals surface area contributed by atoms with Crippen LogP contribution in [0, 0.1) is 0 Å². The summed E-state index contributed by atoms with van der Waals surface area (Å²) < 4.78 is 1.66. The van der Waals surface area contributed by atoms with Crippen LogP contribution in [0.4, 0.5) is 0 Å². The molecule has 4 rings (SSSR count). The lowest BCUT2D eigenvalue weighted by Crippen LogP contribution is -1.93. The number of fused-ring (bicyclic) bond motifs is 4. The summed E-state index contributed by atoms with van der Waals surface area (Å²) in [5, 5.41) is 5.49. The van der Waals surface area contributed by atoms with Crippen molar-refractivity contribution in [2.45, 2.75) is 0 Å². The Labute approximate surface area is 89.7 Å². The summed E-state index contributed by atoms with van der Waals surface area (Å²) in [7, 11) is 0. The van der Waals surface area contributed by atoms with Crippen molar-refractivity contribution in [2.75, 3.05) is 0 Å². The van der Waals surface area contributed by atoms with Gasteiger partial charge in [0.1, 0.15) is 5.52 Å². The average molecular weight is 209 g/mol. The van der Waals surface area contributed by atoms with Gasteiger partial charge in [0, 0.05) is 17.1 Å². The van der Waals surface area contributed by atoms with Crippen molar-refractivity contribution in [3.05, 3.63) is 36.7 Å². The van der Waals surface area contributed by atoms with E-state index in [0.717, 1.165) is 22.1 Å². The van der Waals surface area contributed by atoms with Crippen LogP contribution in [0.3, 0.4) is 0 Å². The number of rotatable bonds is 0. The number of hydrogen-bond donors (Lipinski definition) is 1. The van der Waals surface area contributed by atoms with E-state index >= 15 is 0 Å². The maximum absolute atomic E-state index is 4.48.